The predicted octanol–water partition coefficient (Wildman–Crippen LogP) is 1.64. The third-order valence-corrected chi connectivity index (χ3v) is 4.27. The average Bonchev–Trinajstić information content (AvgIpc) is 3.16. The Balaban J connectivity index is 1.55. The molecule has 2 aromatic rings. The molecule has 1 fully saturated rings. The van der Waals surface area contributed by atoms with Crippen LogP contribution in [0.3, 0.4) is 0 Å². The van der Waals surface area contributed by atoms with Crippen molar-refractivity contribution < 1.29 is 4.79 Å². The molecule has 1 atom stereocenters. The molecule has 3 rings (SSSR count). The van der Waals surface area contributed by atoms with Crippen molar-refractivity contribution in [3.8, 4) is 0 Å². The topological polar surface area (TPSA) is 56.0 Å². The molecule has 6 heteroatoms. The zero-order valence-electron chi connectivity index (χ0n) is 13.5. The second kappa shape index (κ2) is 5.94. The Bertz CT molecular complexity index is 672. The van der Waals surface area contributed by atoms with Crippen molar-refractivity contribution in [2.45, 2.75) is 39.2 Å². The Morgan fingerprint density at radius 3 is 2.82 bits per heavy atom. The number of aryl methyl sites for hydroxylation is 4. The standard InChI is InChI=1S/C16H23N5O/c1-12-4-8-21(18-12)9-6-15(22)20-7-5-14(11-20)16-17-13(2)10-19(16)3/h4,8,10,14H,5-7,9,11H2,1-3H3. The predicted molar refractivity (Wildman–Crippen MR) is 83.5 cm³/mol. The van der Waals surface area contributed by atoms with E-state index in [1.165, 1.54) is 0 Å². The van der Waals surface area contributed by atoms with E-state index < -0.39 is 0 Å². The Morgan fingerprint density at radius 2 is 2.18 bits per heavy atom. The number of carbonyl (C=O) groups excluding carboxylic acids is 1. The maximum atomic E-state index is 12.4. The minimum atomic E-state index is 0.210. The first kappa shape index (κ1) is 14.8. The summed E-state index contributed by atoms with van der Waals surface area (Å²) in [6, 6.07) is 1.96. The lowest BCUT2D eigenvalue weighted by molar-refractivity contribution is -0.130. The lowest BCUT2D eigenvalue weighted by Gasteiger charge is -2.16. The molecule has 0 aliphatic carbocycles. The summed E-state index contributed by atoms with van der Waals surface area (Å²) in [5.41, 5.74) is 2.02. The zero-order valence-corrected chi connectivity index (χ0v) is 13.5. The van der Waals surface area contributed by atoms with Gasteiger partial charge in [0.1, 0.15) is 5.82 Å². The number of rotatable bonds is 4. The van der Waals surface area contributed by atoms with Gasteiger partial charge in [-0.05, 0) is 26.3 Å². The van der Waals surface area contributed by atoms with Gasteiger partial charge in [-0.2, -0.15) is 5.10 Å². The van der Waals surface area contributed by atoms with Crippen LogP contribution in [0.5, 0.6) is 0 Å². The molecule has 22 heavy (non-hydrogen) atoms. The van der Waals surface area contributed by atoms with Crippen molar-refractivity contribution in [3.05, 3.63) is 35.7 Å². The normalized spacial score (nSPS) is 18.1. The molecule has 1 unspecified atom stereocenters. The van der Waals surface area contributed by atoms with Crippen LogP contribution in [0.2, 0.25) is 0 Å². The molecule has 1 aliphatic rings. The smallest absolute Gasteiger partial charge is 0.224 e. The molecule has 0 aromatic carbocycles. The van der Waals surface area contributed by atoms with E-state index in [-0.39, 0.29) is 5.91 Å². The van der Waals surface area contributed by atoms with Gasteiger partial charge in [-0.3, -0.25) is 9.48 Å². The lowest BCUT2D eigenvalue weighted by Crippen LogP contribution is -2.29. The summed E-state index contributed by atoms with van der Waals surface area (Å²) in [7, 11) is 2.03. The Labute approximate surface area is 130 Å². The van der Waals surface area contributed by atoms with Gasteiger partial charge in [-0.25, -0.2) is 4.98 Å². The number of hydrogen-bond acceptors (Lipinski definition) is 3. The molecule has 0 N–H and O–H groups in total. The van der Waals surface area contributed by atoms with Crippen LogP contribution >= 0.6 is 0 Å². The van der Waals surface area contributed by atoms with Crippen LogP contribution in [0.15, 0.2) is 18.5 Å². The highest BCUT2D eigenvalue weighted by Gasteiger charge is 2.29. The quantitative estimate of drug-likeness (QED) is 0.862. The molecule has 1 aliphatic heterocycles. The van der Waals surface area contributed by atoms with E-state index >= 15 is 0 Å². The Kier molecular flexibility index (Phi) is 4.00. The first-order valence-electron chi connectivity index (χ1n) is 7.80. The van der Waals surface area contributed by atoms with Gasteiger partial charge in [-0.1, -0.05) is 0 Å². The number of imidazole rings is 1. The summed E-state index contributed by atoms with van der Waals surface area (Å²) >= 11 is 0. The van der Waals surface area contributed by atoms with Gasteiger partial charge in [0.25, 0.3) is 0 Å². The van der Waals surface area contributed by atoms with Gasteiger partial charge >= 0.3 is 0 Å². The highest BCUT2D eigenvalue weighted by molar-refractivity contribution is 5.76. The molecule has 0 spiro atoms. The van der Waals surface area contributed by atoms with Crippen molar-refractivity contribution in [3.63, 3.8) is 0 Å². The maximum absolute atomic E-state index is 12.4. The van der Waals surface area contributed by atoms with Crippen LogP contribution in [0, 0.1) is 13.8 Å². The molecule has 1 saturated heterocycles. The summed E-state index contributed by atoms with van der Waals surface area (Å²) in [5, 5.41) is 4.32. The van der Waals surface area contributed by atoms with Gasteiger partial charge < -0.3 is 9.47 Å². The van der Waals surface area contributed by atoms with Crippen LogP contribution in [0.25, 0.3) is 0 Å². The SMILES string of the molecule is Cc1cn(C)c(C2CCN(C(=O)CCn3ccc(C)n3)C2)n1. The largest absolute Gasteiger partial charge is 0.342 e. The first-order valence-corrected chi connectivity index (χ1v) is 7.80. The van der Waals surface area contributed by atoms with Crippen molar-refractivity contribution in [1.82, 2.24) is 24.2 Å². The van der Waals surface area contributed by atoms with Crippen LogP contribution in [-0.4, -0.2) is 43.2 Å². The van der Waals surface area contributed by atoms with Gasteiger partial charge in [-0.15, -0.1) is 0 Å². The van der Waals surface area contributed by atoms with Crippen molar-refractivity contribution in [2.24, 2.45) is 7.05 Å². The van der Waals surface area contributed by atoms with Crippen LogP contribution in [0.1, 0.15) is 36.0 Å². The van der Waals surface area contributed by atoms with Crippen molar-refractivity contribution in [1.29, 1.82) is 0 Å². The van der Waals surface area contributed by atoms with E-state index in [1.807, 2.05) is 48.9 Å². The molecule has 2 aromatic heterocycles. The molecule has 0 saturated carbocycles. The molecule has 0 radical (unpaired) electrons. The van der Waals surface area contributed by atoms with Crippen molar-refractivity contribution >= 4 is 5.91 Å². The summed E-state index contributed by atoms with van der Waals surface area (Å²) < 4.78 is 3.92. The minimum Gasteiger partial charge on any atom is -0.342 e. The lowest BCUT2D eigenvalue weighted by atomic mass is 10.1. The number of aromatic nitrogens is 4. The average molecular weight is 301 g/mol. The summed E-state index contributed by atoms with van der Waals surface area (Å²) in [4.78, 5) is 18.9. The van der Waals surface area contributed by atoms with E-state index in [4.69, 9.17) is 0 Å². The third-order valence-electron chi connectivity index (χ3n) is 4.27. The van der Waals surface area contributed by atoms with E-state index in [2.05, 4.69) is 14.6 Å². The van der Waals surface area contributed by atoms with Crippen LogP contribution in [-0.2, 0) is 18.4 Å². The highest BCUT2D eigenvalue weighted by Crippen LogP contribution is 2.26. The summed E-state index contributed by atoms with van der Waals surface area (Å²) in [6.07, 6.45) is 5.47. The molecule has 3 heterocycles. The van der Waals surface area contributed by atoms with Crippen LogP contribution in [0.4, 0.5) is 0 Å². The fraction of sp³-hybridized carbons (Fsp3) is 0.562. The van der Waals surface area contributed by atoms with E-state index in [9.17, 15) is 4.79 Å². The van der Waals surface area contributed by atoms with E-state index in [1.54, 1.807) is 0 Å². The monoisotopic (exact) mass is 301 g/mol. The van der Waals surface area contributed by atoms with Crippen LogP contribution < -0.4 is 0 Å². The molecule has 1 amide bonds. The molecular formula is C16H23N5O. The fourth-order valence-corrected chi connectivity index (χ4v) is 3.17. The second-order valence-corrected chi connectivity index (χ2v) is 6.15. The number of carbonyl (C=O) groups is 1. The van der Waals surface area contributed by atoms with Gasteiger partial charge in [0.2, 0.25) is 5.91 Å². The third kappa shape index (κ3) is 3.05. The summed E-state index contributed by atoms with van der Waals surface area (Å²) in [5.74, 6) is 1.66. The second-order valence-electron chi connectivity index (χ2n) is 6.15. The molecular weight excluding hydrogens is 278 g/mol. The number of amides is 1. The maximum Gasteiger partial charge on any atom is 0.224 e. The Hall–Kier alpha value is -2.11. The Morgan fingerprint density at radius 1 is 1.36 bits per heavy atom. The van der Waals surface area contributed by atoms with Gasteiger partial charge in [0, 0.05) is 51.4 Å². The van der Waals surface area contributed by atoms with E-state index in [0.717, 1.165) is 36.7 Å². The van der Waals surface area contributed by atoms with Gasteiger partial charge in [0.05, 0.1) is 11.4 Å². The summed E-state index contributed by atoms with van der Waals surface area (Å²) in [6.45, 7) is 6.22. The highest BCUT2D eigenvalue weighted by atomic mass is 16.2. The zero-order chi connectivity index (χ0) is 15.7. The number of likely N-dealkylation sites (tertiary alicyclic amines) is 1. The minimum absolute atomic E-state index is 0.210. The number of nitrogens with zero attached hydrogens (tertiary/aromatic N) is 5. The fourth-order valence-electron chi connectivity index (χ4n) is 3.17. The molecule has 0 bridgehead atoms. The van der Waals surface area contributed by atoms with E-state index in [0.29, 0.717) is 18.9 Å². The molecule has 118 valence electrons. The number of hydrogen-bond donors (Lipinski definition) is 0. The van der Waals surface area contributed by atoms with Gasteiger partial charge in [0.15, 0.2) is 0 Å². The molecule has 6 nitrogen and oxygen atoms in total. The van der Waals surface area contributed by atoms with Crippen molar-refractivity contribution in [2.75, 3.05) is 13.1 Å². The first-order chi connectivity index (χ1) is 10.5.